The Bertz CT molecular complexity index is 1790. The molecule has 1 aromatic carbocycles. The molecule has 1 saturated heterocycles. The first-order valence-corrected chi connectivity index (χ1v) is 18.9. The van der Waals surface area contributed by atoms with Crippen LogP contribution in [0.25, 0.3) is 0 Å². The summed E-state index contributed by atoms with van der Waals surface area (Å²) in [6, 6.07) is -2.14. The molecule has 1 heterocycles. The first kappa shape index (κ1) is 50.3. The van der Waals surface area contributed by atoms with Crippen molar-refractivity contribution in [1.29, 1.82) is 0 Å². The van der Waals surface area contributed by atoms with E-state index in [0.717, 1.165) is 4.90 Å². The highest BCUT2D eigenvalue weighted by molar-refractivity contribution is 5.98. The number of aliphatic hydroxyl groups is 1. The lowest BCUT2D eigenvalue weighted by Gasteiger charge is -2.28. The molecule has 0 aliphatic carbocycles. The molecule has 1 aliphatic rings. The second-order valence-electron chi connectivity index (χ2n) is 13.9. The van der Waals surface area contributed by atoms with E-state index in [-0.39, 0.29) is 44.7 Å². The molecule has 16 N–H and O–H groups in total. The van der Waals surface area contributed by atoms with Gasteiger partial charge < -0.3 is 74.4 Å². The highest BCUT2D eigenvalue weighted by atomic mass is 16.4. The molecule has 0 aromatic heterocycles. The number of amides is 7. The molecule has 0 radical (unpaired) electrons. The highest BCUT2D eigenvalue weighted by Gasteiger charge is 2.39. The molecule has 61 heavy (non-hydrogen) atoms. The number of carboxylic acids is 3. The topological polar surface area (TPSA) is 417 Å². The fourth-order valence-corrected chi connectivity index (χ4v) is 5.93. The Morgan fingerprint density at radius 1 is 0.770 bits per heavy atom. The van der Waals surface area contributed by atoms with Crippen molar-refractivity contribution in [2.75, 3.05) is 26.2 Å². The van der Waals surface area contributed by atoms with Crippen molar-refractivity contribution in [2.45, 2.75) is 94.2 Å². The Morgan fingerprint density at radius 3 is 1.93 bits per heavy atom. The average Bonchev–Trinajstić information content (AvgIpc) is 3.70. The summed E-state index contributed by atoms with van der Waals surface area (Å²) in [5, 5.41) is 51.2. The van der Waals surface area contributed by atoms with Crippen LogP contribution in [-0.2, 0) is 54.4 Å². The number of aliphatic imine (C=N–C) groups is 1. The Balaban J connectivity index is 2.25. The standard InChI is InChI=1S/C36H53N11O14/c1-18(42-32(57)23(14-27(50)51)44-30(55)20(37)17-48)29(54)41-16-26(49)43-21(9-5-11-40-36(38)39)31(56)45-22(13-19-7-3-2-4-8-19)33(58)46-24(15-28(52)53)34(59)47-12-6-10-25(47)35(60)61/h2-4,7-8,18,20-25,48H,5-6,9-17,37H2,1H3,(H,41,54)(H,42,57)(H,43,49)(H,44,55)(H,45,56)(H,46,58)(H,50,51)(H,52,53)(H,60,61)(H4,38,39,40)/t18-,20-,21-,22-,23-,24-,25-/m0/s1. The van der Waals surface area contributed by atoms with Crippen LogP contribution in [0.4, 0.5) is 0 Å². The molecule has 7 amide bonds. The van der Waals surface area contributed by atoms with Gasteiger partial charge in [0.1, 0.15) is 42.3 Å². The van der Waals surface area contributed by atoms with E-state index in [1.165, 1.54) is 6.92 Å². The van der Waals surface area contributed by atoms with E-state index in [2.05, 4.69) is 36.9 Å². The zero-order valence-corrected chi connectivity index (χ0v) is 33.2. The van der Waals surface area contributed by atoms with Gasteiger partial charge in [-0.25, -0.2) is 4.79 Å². The molecule has 336 valence electrons. The van der Waals surface area contributed by atoms with E-state index in [1.54, 1.807) is 30.3 Å². The monoisotopic (exact) mass is 863 g/mol. The minimum absolute atomic E-state index is 0.00590. The number of nitrogens with two attached hydrogens (primary N) is 3. The molecule has 2 rings (SSSR count). The number of rotatable bonds is 25. The summed E-state index contributed by atoms with van der Waals surface area (Å²) in [4.78, 5) is 131. The Hall–Kier alpha value is -6.89. The number of carboxylic acid groups (broad SMARTS) is 3. The third kappa shape index (κ3) is 17.5. The average molecular weight is 864 g/mol. The van der Waals surface area contributed by atoms with Crippen molar-refractivity contribution < 1.29 is 68.4 Å². The summed E-state index contributed by atoms with van der Waals surface area (Å²) < 4.78 is 0. The van der Waals surface area contributed by atoms with Crippen molar-refractivity contribution in [2.24, 2.45) is 22.2 Å². The van der Waals surface area contributed by atoms with Gasteiger partial charge in [-0.3, -0.25) is 48.1 Å². The quantitative estimate of drug-likeness (QED) is 0.0247. The van der Waals surface area contributed by atoms with E-state index in [4.69, 9.17) is 27.4 Å². The molecular weight excluding hydrogens is 810 g/mol. The fraction of sp³-hybridized carbons (Fsp3) is 0.528. The van der Waals surface area contributed by atoms with E-state index in [9.17, 15) is 58.2 Å². The molecule has 0 unspecified atom stereocenters. The van der Waals surface area contributed by atoms with Gasteiger partial charge >= 0.3 is 17.9 Å². The van der Waals surface area contributed by atoms with Gasteiger partial charge in [0.15, 0.2) is 5.96 Å². The lowest BCUT2D eigenvalue weighted by atomic mass is 10.0. The van der Waals surface area contributed by atoms with Gasteiger partial charge in [0.2, 0.25) is 41.4 Å². The molecule has 0 saturated carbocycles. The number of aliphatic carboxylic acids is 3. The van der Waals surface area contributed by atoms with Crippen molar-refractivity contribution >= 4 is 65.2 Å². The summed E-state index contributed by atoms with van der Waals surface area (Å²) in [6.07, 6.45) is -1.57. The second kappa shape index (κ2) is 24.9. The van der Waals surface area contributed by atoms with E-state index < -0.39 is 128 Å². The Labute approximate surface area is 348 Å². The minimum atomic E-state index is -1.71. The normalized spacial score (nSPS) is 16.2. The number of hydrogen-bond donors (Lipinski definition) is 13. The van der Waals surface area contributed by atoms with Crippen LogP contribution in [0.3, 0.4) is 0 Å². The predicted molar refractivity (Wildman–Crippen MR) is 210 cm³/mol. The van der Waals surface area contributed by atoms with E-state index >= 15 is 0 Å². The Kier molecular flexibility index (Phi) is 20.5. The van der Waals surface area contributed by atoms with Gasteiger partial charge in [0.05, 0.1) is 26.0 Å². The van der Waals surface area contributed by atoms with Gasteiger partial charge in [0.25, 0.3) is 0 Å². The summed E-state index contributed by atoms with van der Waals surface area (Å²) in [5.74, 6) is -11.4. The van der Waals surface area contributed by atoms with Crippen molar-refractivity contribution in [1.82, 2.24) is 36.8 Å². The number of guanidine groups is 1. The first-order valence-electron chi connectivity index (χ1n) is 18.9. The SMILES string of the molecule is C[C@H](NC(=O)[C@H](CC(=O)O)NC(=O)[C@@H](N)CO)C(=O)NCC(=O)N[C@@H](CCCN=C(N)N)C(=O)N[C@@H](Cc1ccccc1)C(=O)N[C@@H](CC(=O)O)C(=O)N1CCC[C@H]1C(=O)O. The molecule has 25 heteroatoms. The summed E-state index contributed by atoms with van der Waals surface area (Å²) >= 11 is 0. The van der Waals surface area contributed by atoms with Crippen LogP contribution in [-0.4, -0.2) is 159 Å². The third-order valence-corrected chi connectivity index (χ3v) is 9.05. The fourth-order valence-electron chi connectivity index (χ4n) is 5.93. The van der Waals surface area contributed by atoms with Gasteiger partial charge in [-0.1, -0.05) is 30.3 Å². The van der Waals surface area contributed by atoms with Gasteiger partial charge in [0, 0.05) is 19.5 Å². The molecular formula is C36H53N11O14. The maximum atomic E-state index is 13.8. The maximum Gasteiger partial charge on any atom is 0.326 e. The zero-order chi connectivity index (χ0) is 45.8. The number of benzene rings is 1. The molecule has 25 nitrogen and oxygen atoms in total. The van der Waals surface area contributed by atoms with Crippen LogP contribution in [0.15, 0.2) is 35.3 Å². The second-order valence-corrected chi connectivity index (χ2v) is 13.9. The van der Waals surface area contributed by atoms with Crippen LogP contribution < -0.4 is 49.1 Å². The highest BCUT2D eigenvalue weighted by Crippen LogP contribution is 2.19. The van der Waals surface area contributed by atoms with E-state index in [1.807, 2.05) is 0 Å². The number of hydrogen-bond acceptors (Lipinski definition) is 13. The van der Waals surface area contributed by atoms with Crippen LogP contribution in [0.2, 0.25) is 0 Å². The predicted octanol–water partition coefficient (Wildman–Crippen LogP) is -5.81. The van der Waals surface area contributed by atoms with Crippen LogP contribution in [0.1, 0.15) is 51.0 Å². The summed E-state index contributed by atoms with van der Waals surface area (Å²) in [6.45, 7) is -0.364. The number of nitrogens with zero attached hydrogens (tertiary/aromatic N) is 2. The van der Waals surface area contributed by atoms with Crippen molar-refractivity contribution in [3.63, 3.8) is 0 Å². The lowest BCUT2D eigenvalue weighted by Crippen LogP contribution is -2.59. The van der Waals surface area contributed by atoms with Gasteiger partial charge in [-0.05, 0) is 38.2 Å². The third-order valence-electron chi connectivity index (χ3n) is 9.05. The first-order chi connectivity index (χ1) is 28.7. The molecule has 0 bridgehead atoms. The molecule has 1 fully saturated rings. The lowest BCUT2D eigenvalue weighted by molar-refractivity contribution is -0.150. The number of carbonyl (C=O) groups is 10. The van der Waals surface area contributed by atoms with Crippen LogP contribution in [0.5, 0.6) is 0 Å². The summed E-state index contributed by atoms with van der Waals surface area (Å²) in [5.41, 5.74) is 16.7. The maximum absolute atomic E-state index is 13.8. The largest absolute Gasteiger partial charge is 0.481 e. The summed E-state index contributed by atoms with van der Waals surface area (Å²) in [7, 11) is 0. The van der Waals surface area contributed by atoms with Crippen LogP contribution >= 0.6 is 0 Å². The van der Waals surface area contributed by atoms with Gasteiger partial charge in [-0.2, -0.15) is 0 Å². The van der Waals surface area contributed by atoms with Crippen LogP contribution in [0, 0.1) is 0 Å². The molecule has 1 aliphatic heterocycles. The number of nitrogens with one attached hydrogen (secondary N) is 6. The Morgan fingerprint density at radius 2 is 1.34 bits per heavy atom. The van der Waals surface area contributed by atoms with Gasteiger partial charge in [-0.15, -0.1) is 0 Å². The number of carbonyl (C=O) groups excluding carboxylic acids is 7. The molecule has 7 atom stereocenters. The molecule has 1 aromatic rings. The smallest absolute Gasteiger partial charge is 0.326 e. The van der Waals surface area contributed by atoms with E-state index in [0.29, 0.717) is 12.0 Å². The number of aliphatic hydroxyl groups excluding tert-OH is 1. The zero-order valence-electron chi connectivity index (χ0n) is 33.2. The number of likely N-dealkylation sites (tertiary alicyclic amines) is 1. The minimum Gasteiger partial charge on any atom is -0.481 e. The van der Waals surface area contributed by atoms with Crippen molar-refractivity contribution in [3.8, 4) is 0 Å². The van der Waals surface area contributed by atoms with Crippen molar-refractivity contribution in [3.05, 3.63) is 35.9 Å². The molecule has 0 spiro atoms.